The Bertz CT molecular complexity index is 805. The van der Waals surface area contributed by atoms with Crippen LogP contribution in [0, 0.1) is 13.8 Å². The first-order chi connectivity index (χ1) is 10.7. The van der Waals surface area contributed by atoms with Crippen LogP contribution in [-0.2, 0) is 14.3 Å². The molecule has 6 nitrogen and oxygen atoms in total. The molecular weight excluding hydrogens is 316 g/mol. The first-order valence-corrected chi connectivity index (χ1v) is 8.66. The van der Waals surface area contributed by atoms with Gasteiger partial charge in [-0.1, -0.05) is 17.7 Å². The third kappa shape index (κ3) is 3.86. The van der Waals surface area contributed by atoms with E-state index in [0.717, 1.165) is 5.56 Å². The van der Waals surface area contributed by atoms with Gasteiger partial charge < -0.3 is 0 Å². The first-order valence-electron chi connectivity index (χ1n) is 7.26. The van der Waals surface area contributed by atoms with E-state index in [2.05, 4.69) is 5.10 Å². The summed E-state index contributed by atoms with van der Waals surface area (Å²) in [5, 5.41) is 4.14. The molecule has 1 aromatic heterocycles. The van der Waals surface area contributed by atoms with Gasteiger partial charge >= 0.3 is 0 Å². The molecule has 0 aliphatic rings. The Balaban J connectivity index is 2.11. The summed E-state index contributed by atoms with van der Waals surface area (Å²) < 4.78 is 30.8. The number of carbonyl (C=O) groups is 1. The fourth-order valence-electron chi connectivity index (χ4n) is 2.20. The molecule has 0 aliphatic carbocycles. The summed E-state index contributed by atoms with van der Waals surface area (Å²) in [7, 11) is -3.95. The van der Waals surface area contributed by atoms with Crippen molar-refractivity contribution in [3.05, 3.63) is 47.3 Å². The van der Waals surface area contributed by atoms with Gasteiger partial charge in [0.2, 0.25) is 0 Å². The third-order valence-electron chi connectivity index (χ3n) is 3.49. The summed E-state index contributed by atoms with van der Waals surface area (Å²) in [5.41, 5.74) is 2.01. The fourth-order valence-corrected chi connectivity index (χ4v) is 3.07. The van der Waals surface area contributed by atoms with Crippen LogP contribution in [0.4, 0.5) is 0 Å². The average molecular weight is 336 g/mol. The van der Waals surface area contributed by atoms with E-state index in [0.29, 0.717) is 11.3 Å². The number of Topliss-reactive ketones (excluding diaryl/α,β-unsaturated/α-hetero) is 1. The molecule has 124 valence electrons. The summed E-state index contributed by atoms with van der Waals surface area (Å²) in [6.07, 6.45) is 1.44. The van der Waals surface area contributed by atoms with Gasteiger partial charge in [0.15, 0.2) is 5.78 Å². The Morgan fingerprint density at radius 1 is 1.22 bits per heavy atom. The zero-order valence-corrected chi connectivity index (χ0v) is 14.4. The van der Waals surface area contributed by atoms with Crippen LogP contribution in [0.5, 0.6) is 0 Å². The Labute approximate surface area is 136 Å². The molecule has 0 bridgehead atoms. The van der Waals surface area contributed by atoms with Crippen molar-refractivity contribution in [2.75, 3.05) is 6.61 Å². The van der Waals surface area contributed by atoms with Gasteiger partial charge in [0, 0.05) is 11.7 Å². The molecule has 0 aliphatic heterocycles. The van der Waals surface area contributed by atoms with Gasteiger partial charge in [-0.3, -0.25) is 13.7 Å². The minimum atomic E-state index is -3.95. The molecule has 2 aromatic rings. The largest absolute Gasteiger partial charge is 0.297 e. The third-order valence-corrected chi connectivity index (χ3v) is 4.77. The SMILES string of the molecule is Cc1ccc(S(=O)(=O)OCC(=O)c2cnn(C(C)C)c2C)cc1. The number of carbonyl (C=O) groups excluding carboxylic acids is 1. The average Bonchev–Trinajstić information content (AvgIpc) is 2.87. The zero-order chi connectivity index (χ0) is 17.2. The standard InChI is InChI=1S/C16H20N2O4S/c1-11(2)18-13(4)15(9-17-18)16(19)10-22-23(20,21)14-7-5-12(3)6-8-14/h5-9,11H,10H2,1-4H3. The summed E-state index contributed by atoms with van der Waals surface area (Å²) in [5.74, 6) is -0.412. The Morgan fingerprint density at radius 2 is 1.83 bits per heavy atom. The van der Waals surface area contributed by atoms with E-state index < -0.39 is 22.5 Å². The number of aromatic nitrogens is 2. The minimum absolute atomic E-state index is 0.0329. The molecule has 7 heteroatoms. The molecule has 1 aromatic carbocycles. The number of hydrogen-bond donors (Lipinski definition) is 0. The highest BCUT2D eigenvalue weighted by atomic mass is 32.2. The minimum Gasteiger partial charge on any atom is -0.291 e. The Kier molecular flexibility index (Phi) is 5.01. The highest BCUT2D eigenvalue weighted by Gasteiger charge is 2.20. The molecule has 23 heavy (non-hydrogen) atoms. The van der Waals surface area contributed by atoms with Crippen molar-refractivity contribution in [2.24, 2.45) is 0 Å². The highest BCUT2D eigenvalue weighted by Crippen LogP contribution is 2.16. The maximum Gasteiger partial charge on any atom is 0.297 e. The predicted molar refractivity (Wildman–Crippen MR) is 86.0 cm³/mol. The van der Waals surface area contributed by atoms with Crippen molar-refractivity contribution < 1.29 is 17.4 Å². The summed E-state index contributed by atoms with van der Waals surface area (Å²) in [4.78, 5) is 12.2. The van der Waals surface area contributed by atoms with Gasteiger partial charge in [-0.05, 0) is 39.8 Å². The highest BCUT2D eigenvalue weighted by molar-refractivity contribution is 7.86. The van der Waals surface area contributed by atoms with Gasteiger partial charge in [0.1, 0.15) is 6.61 Å². The molecule has 0 saturated carbocycles. The second-order valence-corrected chi connectivity index (χ2v) is 7.25. The Morgan fingerprint density at radius 3 is 2.35 bits per heavy atom. The summed E-state index contributed by atoms with van der Waals surface area (Å²) >= 11 is 0. The smallest absolute Gasteiger partial charge is 0.291 e. The van der Waals surface area contributed by atoms with Crippen molar-refractivity contribution in [3.63, 3.8) is 0 Å². The molecule has 0 atom stereocenters. The number of hydrogen-bond acceptors (Lipinski definition) is 5. The van der Waals surface area contributed by atoms with Crippen molar-refractivity contribution >= 4 is 15.9 Å². The van der Waals surface area contributed by atoms with E-state index in [1.165, 1.54) is 18.3 Å². The topological polar surface area (TPSA) is 78.3 Å². The fraction of sp³-hybridized carbons (Fsp3) is 0.375. The lowest BCUT2D eigenvalue weighted by atomic mass is 10.2. The van der Waals surface area contributed by atoms with E-state index in [9.17, 15) is 13.2 Å². The van der Waals surface area contributed by atoms with E-state index in [4.69, 9.17) is 4.18 Å². The van der Waals surface area contributed by atoms with Crippen molar-refractivity contribution in [1.82, 2.24) is 9.78 Å². The molecule has 0 fully saturated rings. The van der Waals surface area contributed by atoms with Crippen LogP contribution in [-0.4, -0.2) is 30.6 Å². The first kappa shape index (κ1) is 17.4. The lowest BCUT2D eigenvalue weighted by molar-refractivity contribution is 0.0924. The van der Waals surface area contributed by atoms with E-state index in [1.54, 1.807) is 23.7 Å². The lowest BCUT2D eigenvalue weighted by Crippen LogP contribution is -2.15. The lowest BCUT2D eigenvalue weighted by Gasteiger charge is -2.09. The van der Waals surface area contributed by atoms with Crippen LogP contribution >= 0.6 is 0 Å². The summed E-state index contributed by atoms with van der Waals surface area (Å²) in [6.45, 7) is 6.99. The van der Waals surface area contributed by atoms with Crippen LogP contribution in [0.3, 0.4) is 0 Å². The second-order valence-electron chi connectivity index (χ2n) is 5.63. The number of rotatable bonds is 6. The molecule has 0 amide bonds. The summed E-state index contributed by atoms with van der Waals surface area (Å²) in [6, 6.07) is 6.38. The van der Waals surface area contributed by atoms with Gasteiger partial charge in [0.25, 0.3) is 10.1 Å². The van der Waals surface area contributed by atoms with Gasteiger partial charge in [-0.15, -0.1) is 0 Å². The van der Waals surface area contributed by atoms with Crippen molar-refractivity contribution in [2.45, 2.75) is 38.6 Å². The molecular formula is C16H20N2O4S. The van der Waals surface area contributed by atoms with Crippen LogP contribution < -0.4 is 0 Å². The Hall–Kier alpha value is -1.99. The normalized spacial score (nSPS) is 11.9. The number of aryl methyl sites for hydroxylation is 1. The van der Waals surface area contributed by atoms with Crippen LogP contribution in [0.2, 0.25) is 0 Å². The molecule has 0 radical (unpaired) electrons. The van der Waals surface area contributed by atoms with Crippen LogP contribution in [0.25, 0.3) is 0 Å². The maximum atomic E-state index is 12.2. The molecule has 1 heterocycles. The van der Waals surface area contributed by atoms with E-state index >= 15 is 0 Å². The van der Waals surface area contributed by atoms with E-state index in [1.807, 2.05) is 20.8 Å². The number of benzene rings is 1. The zero-order valence-electron chi connectivity index (χ0n) is 13.6. The maximum absolute atomic E-state index is 12.2. The van der Waals surface area contributed by atoms with Gasteiger partial charge in [0.05, 0.1) is 16.7 Å². The van der Waals surface area contributed by atoms with E-state index in [-0.39, 0.29) is 10.9 Å². The number of ketones is 1. The second kappa shape index (κ2) is 6.64. The molecule has 2 rings (SSSR count). The van der Waals surface area contributed by atoms with Gasteiger partial charge in [-0.2, -0.15) is 13.5 Å². The molecule has 0 saturated heterocycles. The van der Waals surface area contributed by atoms with Crippen LogP contribution in [0.15, 0.2) is 35.4 Å². The quantitative estimate of drug-likeness (QED) is 0.598. The predicted octanol–water partition coefficient (Wildman–Crippen LogP) is 2.67. The van der Waals surface area contributed by atoms with Crippen LogP contribution in [0.1, 0.15) is 41.5 Å². The molecule has 0 spiro atoms. The van der Waals surface area contributed by atoms with Gasteiger partial charge in [-0.25, -0.2) is 0 Å². The monoisotopic (exact) mass is 336 g/mol. The van der Waals surface area contributed by atoms with Crippen molar-refractivity contribution in [3.8, 4) is 0 Å². The van der Waals surface area contributed by atoms with Crippen molar-refractivity contribution in [1.29, 1.82) is 0 Å². The molecule has 0 unspecified atom stereocenters. The number of nitrogens with zero attached hydrogens (tertiary/aromatic N) is 2. The molecule has 0 N–H and O–H groups in total.